The molecule has 2 N–H and O–H groups in total. The number of nitrogens with one attached hydrogen (secondary N) is 2. The maximum absolute atomic E-state index is 13.4. The van der Waals surface area contributed by atoms with Gasteiger partial charge in [-0.2, -0.15) is 5.10 Å². The molecule has 180 valence electrons. The van der Waals surface area contributed by atoms with Gasteiger partial charge in [0.25, 0.3) is 0 Å². The predicted molar refractivity (Wildman–Crippen MR) is 135 cm³/mol. The molecule has 2 aliphatic rings. The number of thiazole rings is 1. The van der Waals surface area contributed by atoms with Crippen LogP contribution in [0.4, 0.5) is 5.69 Å². The molecule has 2 saturated heterocycles. The Kier molecular flexibility index (Phi) is 5.49. The van der Waals surface area contributed by atoms with Crippen LogP contribution in [0.5, 0.6) is 0 Å². The number of pyridine rings is 1. The van der Waals surface area contributed by atoms with E-state index in [4.69, 9.17) is 4.98 Å². The van der Waals surface area contributed by atoms with Gasteiger partial charge in [0.05, 0.1) is 44.9 Å². The monoisotopic (exact) mass is 489 g/mol. The van der Waals surface area contributed by atoms with Crippen molar-refractivity contribution in [3.63, 3.8) is 0 Å². The van der Waals surface area contributed by atoms with Gasteiger partial charge >= 0.3 is 11.8 Å². The molecule has 4 aromatic rings. The summed E-state index contributed by atoms with van der Waals surface area (Å²) in [5, 5.41) is 11.5. The van der Waals surface area contributed by atoms with Crippen molar-refractivity contribution in [2.24, 2.45) is 5.92 Å². The zero-order valence-electron chi connectivity index (χ0n) is 19.7. The van der Waals surface area contributed by atoms with Crippen LogP contribution < -0.4 is 5.32 Å². The van der Waals surface area contributed by atoms with Crippen LogP contribution in [-0.4, -0.2) is 68.5 Å². The molecule has 2 aliphatic heterocycles. The average molecular weight is 490 g/mol. The molecule has 2 fully saturated rings. The number of nitrogens with zero attached hydrogens (tertiary/aromatic N) is 5. The summed E-state index contributed by atoms with van der Waals surface area (Å²) in [6.45, 7) is 4.76. The minimum Gasteiger partial charge on any atom is -0.327 e. The van der Waals surface area contributed by atoms with Crippen LogP contribution in [0, 0.1) is 5.92 Å². The SMILES string of the molecule is C[C@H]1CC[C@H](c2ccc3sc(C4CN(C)C4)nc3c2)N(C(=O)C(=O)Nc2cncc3cn[nH]c23)C1. The summed E-state index contributed by atoms with van der Waals surface area (Å²) in [6.07, 6.45) is 6.62. The van der Waals surface area contributed by atoms with Gasteiger partial charge in [0, 0.05) is 37.1 Å². The molecule has 3 aromatic heterocycles. The Labute approximate surface area is 206 Å². The Morgan fingerprint density at radius 2 is 2.00 bits per heavy atom. The number of H-pyrrole nitrogens is 1. The Morgan fingerprint density at radius 1 is 1.14 bits per heavy atom. The molecule has 0 unspecified atom stereocenters. The van der Waals surface area contributed by atoms with Crippen LogP contribution in [0.3, 0.4) is 0 Å². The largest absolute Gasteiger partial charge is 0.327 e. The van der Waals surface area contributed by atoms with Gasteiger partial charge in [-0.15, -0.1) is 11.3 Å². The first kappa shape index (κ1) is 22.1. The van der Waals surface area contributed by atoms with E-state index in [2.05, 4.69) is 57.6 Å². The summed E-state index contributed by atoms with van der Waals surface area (Å²) in [6, 6.07) is 6.14. The minimum absolute atomic E-state index is 0.157. The third-order valence-electron chi connectivity index (χ3n) is 7.10. The summed E-state index contributed by atoms with van der Waals surface area (Å²) >= 11 is 1.76. The van der Waals surface area contributed by atoms with Gasteiger partial charge in [0.15, 0.2) is 0 Å². The number of likely N-dealkylation sites (N-methyl/N-ethyl adjacent to an activating group) is 1. The zero-order valence-corrected chi connectivity index (χ0v) is 20.5. The minimum atomic E-state index is -0.667. The van der Waals surface area contributed by atoms with E-state index in [1.165, 1.54) is 15.9 Å². The number of carbonyl (C=O) groups is 2. The number of aromatic nitrogens is 4. The molecule has 5 heterocycles. The maximum Gasteiger partial charge on any atom is 0.314 e. The highest BCUT2D eigenvalue weighted by atomic mass is 32.1. The van der Waals surface area contributed by atoms with Crippen LogP contribution in [0.2, 0.25) is 0 Å². The van der Waals surface area contributed by atoms with Crippen molar-refractivity contribution in [1.29, 1.82) is 0 Å². The molecule has 35 heavy (non-hydrogen) atoms. The predicted octanol–water partition coefficient (Wildman–Crippen LogP) is 3.53. The summed E-state index contributed by atoms with van der Waals surface area (Å²) in [7, 11) is 2.12. The number of carbonyl (C=O) groups excluding carboxylic acids is 2. The van der Waals surface area contributed by atoms with Gasteiger partial charge in [0.1, 0.15) is 0 Å². The highest BCUT2D eigenvalue weighted by molar-refractivity contribution is 7.18. The number of rotatable bonds is 3. The second-order valence-electron chi connectivity index (χ2n) is 9.83. The number of fused-ring (bicyclic) bond motifs is 2. The van der Waals surface area contributed by atoms with Gasteiger partial charge in [-0.05, 0) is 43.5 Å². The topological polar surface area (TPSA) is 107 Å². The third-order valence-corrected chi connectivity index (χ3v) is 8.30. The number of likely N-dealkylation sites (tertiary alicyclic amines) is 2. The highest BCUT2D eigenvalue weighted by Crippen LogP contribution is 2.37. The van der Waals surface area contributed by atoms with E-state index in [1.54, 1.807) is 28.6 Å². The summed E-state index contributed by atoms with van der Waals surface area (Å²) in [5.41, 5.74) is 3.10. The zero-order chi connectivity index (χ0) is 24.1. The molecule has 10 heteroatoms. The number of anilines is 1. The second-order valence-corrected chi connectivity index (χ2v) is 10.9. The van der Waals surface area contributed by atoms with Crippen LogP contribution in [0.1, 0.15) is 42.3 Å². The average Bonchev–Trinajstić information content (AvgIpc) is 3.48. The fraction of sp³-hybridized carbons (Fsp3) is 0.400. The molecular weight excluding hydrogens is 462 g/mol. The Morgan fingerprint density at radius 3 is 2.83 bits per heavy atom. The van der Waals surface area contributed by atoms with E-state index in [0.29, 0.717) is 29.6 Å². The van der Waals surface area contributed by atoms with Crippen LogP contribution >= 0.6 is 11.3 Å². The molecule has 6 rings (SSSR count). The lowest BCUT2D eigenvalue weighted by atomic mass is 9.89. The standard InChI is InChI=1S/C25H27N7O2S/c1-14-3-5-20(15-4-6-21-18(7-15)29-24(35-21)17-12-31(2)13-17)32(11-14)25(34)23(33)28-19-10-26-8-16-9-27-30-22(16)19/h4,6-10,14,17,20H,3,5,11-13H2,1-2H3,(H,27,30)(H,28,33)/t14-,20+/m0/s1. The normalized spacial score (nSPS) is 21.4. The molecule has 0 saturated carbocycles. The molecule has 0 spiro atoms. The van der Waals surface area contributed by atoms with Crippen LogP contribution in [0.15, 0.2) is 36.8 Å². The van der Waals surface area contributed by atoms with Crippen molar-refractivity contribution in [3.05, 3.63) is 47.4 Å². The van der Waals surface area contributed by atoms with E-state index < -0.39 is 11.8 Å². The molecule has 2 amide bonds. The Hall–Kier alpha value is -3.37. The molecule has 2 atom stereocenters. The lowest BCUT2D eigenvalue weighted by Gasteiger charge is -2.38. The van der Waals surface area contributed by atoms with Crippen molar-refractivity contribution in [2.75, 3.05) is 32.0 Å². The van der Waals surface area contributed by atoms with Gasteiger partial charge in [-0.1, -0.05) is 13.0 Å². The second kappa shape index (κ2) is 8.69. The molecule has 0 bridgehead atoms. The van der Waals surface area contributed by atoms with Crippen molar-refractivity contribution in [1.82, 2.24) is 30.0 Å². The molecule has 0 aliphatic carbocycles. The van der Waals surface area contributed by atoms with Gasteiger partial charge < -0.3 is 15.1 Å². The van der Waals surface area contributed by atoms with Crippen molar-refractivity contribution >= 4 is 50.0 Å². The van der Waals surface area contributed by atoms with Crippen LogP contribution in [0.25, 0.3) is 21.1 Å². The molecule has 0 radical (unpaired) electrons. The Balaban J connectivity index is 1.25. The van der Waals surface area contributed by atoms with Crippen LogP contribution in [-0.2, 0) is 9.59 Å². The van der Waals surface area contributed by atoms with E-state index in [-0.39, 0.29) is 6.04 Å². The Bertz CT molecular complexity index is 1420. The van der Waals surface area contributed by atoms with E-state index in [1.807, 2.05) is 0 Å². The van der Waals surface area contributed by atoms with E-state index in [0.717, 1.165) is 42.4 Å². The first-order valence-electron chi connectivity index (χ1n) is 11.9. The van der Waals surface area contributed by atoms with Crippen molar-refractivity contribution in [2.45, 2.75) is 31.7 Å². The number of hydrogen-bond acceptors (Lipinski definition) is 7. The van der Waals surface area contributed by atoms with Gasteiger partial charge in [-0.25, -0.2) is 4.98 Å². The third kappa shape index (κ3) is 4.06. The molecular formula is C25H27N7O2S. The van der Waals surface area contributed by atoms with E-state index >= 15 is 0 Å². The lowest BCUT2D eigenvalue weighted by Crippen LogP contribution is -2.46. The molecule has 1 aromatic carbocycles. The van der Waals surface area contributed by atoms with Crippen molar-refractivity contribution < 1.29 is 9.59 Å². The first-order chi connectivity index (χ1) is 17.0. The summed E-state index contributed by atoms with van der Waals surface area (Å²) in [4.78, 5) is 39.5. The smallest absolute Gasteiger partial charge is 0.314 e. The quantitative estimate of drug-likeness (QED) is 0.427. The summed E-state index contributed by atoms with van der Waals surface area (Å²) in [5.74, 6) is -0.369. The fourth-order valence-corrected chi connectivity index (χ4v) is 6.22. The number of piperidine rings is 1. The number of amides is 2. The highest BCUT2D eigenvalue weighted by Gasteiger charge is 2.35. The molecule has 9 nitrogen and oxygen atoms in total. The maximum atomic E-state index is 13.4. The number of hydrogen-bond donors (Lipinski definition) is 2. The lowest BCUT2D eigenvalue weighted by molar-refractivity contribution is -0.146. The van der Waals surface area contributed by atoms with Gasteiger partial charge in [0.2, 0.25) is 0 Å². The number of benzene rings is 1. The number of aromatic amines is 1. The van der Waals surface area contributed by atoms with Gasteiger partial charge in [-0.3, -0.25) is 19.7 Å². The summed E-state index contributed by atoms with van der Waals surface area (Å²) < 4.78 is 1.17. The van der Waals surface area contributed by atoms with Crippen molar-refractivity contribution in [3.8, 4) is 0 Å². The fourth-order valence-electron chi connectivity index (χ4n) is 5.19. The van der Waals surface area contributed by atoms with E-state index in [9.17, 15) is 9.59 Å². The first-order valence-corrected chi connectivity index (χ1v) is 12.8.